The Morgan fingerprint density at radius 2 is 1.71 bits per heavy atom. The molecule has 0 amide bonds. The van der Waals surface area contributed by atoms with E-state index in [9.17, 15) is 12.8 Å². The van der Waals surface area contributed by atoms with Gasteiger partial charge in [0, 0.05) is 23.9 Å². The van der Waals surface area contributed by atoms with Gasteiger partial charge >= 0.3 is 0 Å². The minimum Gasteiger partial charge on any atom is -0.399 e. The van der Waals surface area contributed by atoms with Gasteiger partial charge in [0.25, 0.3) is 0 Å². The van der Waals surface area contributed by atoms with E-state index in [-0.39, 0.29) is 29.5 Å². The van der Waals surface area contributed by atoms with Crippen LogP contribution in [0.25, 0.3) is 11.4 Å². The molecule has 0 radical (unpaired) electrons. The minimum absolute atomic E-state index is 0.00594. The largest absolute Gasteiger partial charge is 0.399 e. The molecular weight excluding hydrogens is 383 g/mol. The second kappa shape index (κ2) is 8.32. The van der Waals surface area contributed by atoms with Crippen LogP contribution in [-0.4, -0.2) is 36.6 Å². The van der Waals surface area contributed by atoms with E-state index in [2.05, 4.69) is 15.3 Å². The number of nitrogens with two attached hydrogens (primary N) is 1. The molecule has 0 bridgehead atoms. The number of aromatic nitrogens is 2. The molecule has 0 aliphatic heterocycles. The second-order valence-electron chi connectivity index (χ2n) is 6.05. The van der Waals surface area contributed by atoms with Crippen LogP contribution in [0.2, 0.25) is 0 Å². The molecule has 146 valence electrons. The van der Waals surface area contributed by atoms with Crippen LogP contribution in [0.5, 0.6) is 0 Å². The average molecular weight is 402 g/mol. The minimum atomic E-state index is -3.73. The zero-order chi connectivity index (χ0) is 20.1. The van der Waals surface area contributed by atoms with Crippen molar-refractivity contribution in [2.24, 2.45) is 0 Å². The monoisotopic (exact) mass is 402 g/mol. The van der Waals surface area contributed by atoms with Gasteiger partial charge in [0.15, 0.2) is 15.7 Å². The van der Waals surface area contributed by atoms with Crippen molar-refractivity contribution in [3.05, 3.63) is 66.1 Å². The molecule has 0 aliphatic carbocycles. The molecule has 0 spiro atoms. The fraction of sp³-hybridized carbons (Fsp3) is 0.158. The smallest absolute Gasteiger partial charge is 0.184 e. The van der Waals surface area contributed by atoms with E-state index in [0.29, 0.717) is 22.9 Å². The first-order chi connectivity index (χ1) is 13.4. The van der Waals surface area contributed by atoms with Gasteiger partial charge in [0.05, 0.1) is 22.9 Å². The molecule has 0 saturated carbocycles. The lowest BCUT2D eigenvalue weighted by molar-refractivity contribution is 0.311. The molecule has 1 heterocycles. The highest BCUT2D eigenvalue weighted by atomic mass is 32.2. The van der Waals surface area contributed by atoms with Gasteiger partial charge in [-0.1, -0.05) is 0 Å². The van der Waals surface area contributed by atoms with Crippen molar-refractivity contribution in [3.63, 3.8) is 0 Å². The van der Waals surface area contributed by atoms with Crippen molar-refractivity contribution in [2.75, 3.05) is 24.2 Å². The van der Waals surface area contributed by atoms with Gasteiger partial charge in [-0.2, -0.15) is 0 Å². The molecule has 1 aromatic heterocycles. The molecule has 0 fully saturated rings. The van der Waals surface area contributed by atoms with Crippen molar-refractivity contribution < 1.29 is 17.9 Å². The first kappa shape index (κ1) is 19.7. The van der Waals surface area contributed by atoms with Crippen molar-refractivity contribution in [3.8, 4) is 11.4 Å². The van der Waals surface area contributed by atoms with Crippen molar-refractivity contribution in [1.82, 2.24) is 9.97 Å². The molecule has 0 aliphatic rings. The van der Waals surface area contributed by atoms with Gasteiger partial charge in [-0.3, -0.25) is 0 Å². The molecular formula is C19H19FN4O3S. The van der Waals surface area contributed by atoms with Crippen LogP contribution in [0, 0.1) is 5.82 Å². The van der Waals surface area contributed by atoms with Gasteiger partial charge in [0.1, 0.15) is 11.6 Å². The number of benzene rings is 2. The normalized spacial score (nSPS) is 11.4. The number of hydrogen-bond donors (Lipinski definition) is 3. The topological polar surface area (TPSA) is 118 Å². The predicted molar refractivity (Wildman–Crippen MR) is 105 cm³/mol. The Kier molecular flexibility index (Phi) is 5.86. The van der Waals surface area contributed by atoms with E-state index < -0.39 is 15.7 Å². The molecule has 0 unspecified atom stereocenters. The Morgan fingerprint density at radius 1 is 1.04 bits per heavy atom. The molecule has 3 rings (SSSR count). The molecule has 0 saturated heterocycles. The summed E-state index contributed by atoms with van der Waals surface area (Å²) in [6, 6.07) is 13.0. The fourth-order valence-electron chi connectivity index (χ4n) is 2.53. The van der Waals surface area contributed by atoms with E-state index in [4.69, 9.17) is 10.8 Å². The third-order valence-corrected chi connectivity index (χ3v) is 5.54. The summed E-state index contributed by atoms with van der Waals surface area (Å²) in [6.45, 7) is 0.146. The quantitative estimate of drug-likeness (QED) is 0.410. The van der Waals surface area contributed by atoms with Crippen molar-refractivity contribution >= 4 is 21.3 Å². The number of aliphatic hydroxyl groups excluding tert-OH is 1. The van der Waals surface area contributed by atoms with E-state index in [1.165, 1.54) is 18.2 Å². The summed E-state index contributed by atoms with van der Waals surface area (Å²) in [5, 5.41) is 11.9. The van der Waals surface area contributed by atoms with Crippen LogP contribution in [0.4, 0.5) is 15.9 Å². The van der Waals surface area contributed by atoms with Gasteiger partial charge in [-0.25, -0.2) is 22.8 Å². The lowest BCUT2D eigenvalue weighted by Gasteiger charge is -2.10. The number of nitrogen functional groups attached to an aromatic ring is 1. The number of anilines is 2. The summed E-state index contributed by atoms with van der Waals surface area (Å²) in [7, 11) is -3.73. The van der Waals surface area contributed by atoms with Crippen LogP contribution < -0.4 is 11.1 Å². The van der Waals surface area contributed by atoms with E-state index in [1.807, 2.05) is 0 Å². The van der Waals surface area contributed by atoms with E-state index >= 15 is 0 Å². The Morgan fingerprint density at radius 3 is 2.36 bits per heavy atom. The summed E-state index contributed by atoms with van der Waals surface area (Å²) in [5.74, 6) is -0.175. The Labute approximate surface area is 162 Å². The maximum atomic E-state index is 13.1. The molecule has 28 heavy (non-hydrogen) atoms. The number of hydrogen-bond acceptors (Lipinski definition) is 7. The third-order valence-electron chi connectivity index (χ3n) is 3.88. The fourth-order valence-corrected chi connectivity index (χ4v) is 3.78. The van der Waals surface area contributed by atoms with Crippen molar-refractivity contribution in [1.29, 1.82) is 0 Å². The number of nitrogens with zero attached hydrogens (tertiary/aromatic N) is 2. The highest BCUT2D eigenvalue weighted by Crippen LogP contribution is 2.22. The summed E-state index contributed by atoms with van der Waals surface area (Å²) in [6.07, 6.45) is 0. The lowest BCUT2D eigenvalue weighted by atomic mass is 10.2. The van der Waals surface area contributed by atoms with Crippen LogP contribution in [0.15, 0.2) is 59.5 Å². The highest BCUT2D eigenvalue weighted by molar-refractivity contribution is 7.90. The maximum absolute atomic E-state index is 13.1. The van der Waals surface area contributed by atoms with Gasteiger partial charge in [-0.15, -0.1) is 0 Å². The Balaban J connectivity index is 1.98. The Hall–Kier alpha value is -3.04. The molecule has 0 atom stereocenters. The van der Waals surface area contributed by atoms with Crippen LogP contribution in [0.3, 0.4) is 0 Å². The van der Waals surface area contributed by atoms with Crippen LogP contribution in [-0.2, 0) is 15.6 Å². The number of nitrogens with one attached hydrogen (secondary N) is 1. The highest BCUT2D eigenvalue weighted by Gasteiger charge is 2.18. The molecule has 3 aromatic rings. The van der Waals surface area contributed by atoms with Crippen molar-refractivity contribution in [2.45, 2.75) is 10.6 Å². The van der Waals surface area contributed by atoms with Crippen LogP contribution >= 0.6 is 0 Å². The average Bonchev–Trinajstić information content (AvgIpc) is 2.67. The number of sulfone groups is 1. The number of rotatable bonds is 7. The van der Waals surface area contributed by atoms with Gasteiger partial charge < -0.3 is 16.2 Å². The summed E-state index contributed by atoms with van der Waals surface area (Å²) in [4.78, 5) is 8.73. The molecule has 4 N–H and O–H groups in total. The van der Waals surface area contributed by atoms with Gasteiger partial charge in [0.2, 0.25) is 0 Å². The van der Waals surface area contributed by atoms with Crippen LogP contribution in [0.1, 0.15) is 5.69 Å². The lowest BCUT2D eigenvalue weighted by Crippen LogP contribution is -2.11. The predicted octanol–water partition coefficient (Wildman–Crippen LogP) is 2.24. The summed E-state index contributed by atoms with van der Waals surface area (Å²) in [5.41, 5.74) is 7.22. The number of halogens is 1. The first-order valence-electron chi connectivity index (χ1n) is 8.44. The molecule has 9 heteroatoms. The first-order valence-corrected chi connectivity index (χ1v) is 10.1. The third kappa shape index (κ3) is 4.81. The maximum Gasteiger partial charge on any atom is 0.184 e. The van der Waals surface area contributed by atoms with E-state index in [1.54, 1.807) is 24.3 Å². The molecule has 7 nitrogen and oxygen atoms in total. The summed E-state index contributed by atoms with van der Waals surface area (Å²) < 4.78 is 38.4. The van der Waals surface area contributed by atoms with Gasteiger partial charge in [-0.05, 0) is 48.5 Å². The SMILES string of the molecule is Nc1ccc(-c2nc(CS(=O)(=O)c3ccc(F)cc3)cc(NCCO)n2)cc1. The zero-order valence-corrected chi connectivity index (χ0v) is 15.7. The standard InChI is InChI=1S/C19H19FN4O3S/c20-14-3-7-17(8-4-14)28(26,27)12-16-11-18(22-9-10-25)24-19(23-16)13-1-5-15(21)6-2-13/h1-8,11,25H,9-10,12,21H2,(H,22,23,24). The molecule has 2 aromatic carbocycles. The second-order valence-corrected chi connectivity index (χ2v) is 8.04. The Bertz CT molecular complexity index is 1060. The zero-order valence-electron chi connectivity index (χ0n) is 14.8. The van der Waals surface area contributed by atoms with E-state index in [0.717, 1.165) is 12.1 Å². The number of aliphatic hydroxyl groups is 1. The summed E-state index contributed by atoms with van der Waals surface area (Å²) >= 11 is 0.